The van der Waals surface area contributed by atoms with Gasteiger partial charge in [0, 0.05) is 6.20 Å². The molecule has 2 rings (SSSR count). The third-order valence-electron chi connectivity index (χ3n) is 2.52. The molecule has 0 radical (unpaired) electrons. The van der Waals surface area contributed by atoms with Gasteiger partial charge in [-0.15, -0.1) is 12.4 Å². The molecule has 1 atom stereocenters. The summed E-state index contributed by atoms with van der Waals surface area (Å²) in [5, 5.41) is 5.81. The summed E-state index contributed by atoms with van der Waals surface area (Å²) in [6, 6.07) is 9.56. The van der Waals surface area contributed by atoms with Gasteiger partial charge in [0.2, 0.25) is 0 Å². The molecule has 102 valence electrons. The lowest BCUT2D eigenvalue weighted by Gasteiger charge is -2.22. The van der Waals surface area contributed by atoms with Crippen LogP contribution in [0.4, 0.5) is 5.69 Å². The molecule has 1 aromatic carbocycles. The van der Waals surface area contributed by atoms with Gasteiger partial charge in [-0.05, 0) is 25.1 Å². The van der Waals surface area contributed by atoms with E-state index in [1.165, 1.54) is 0 Å². The molecule has 1 aromatic rings. The van der Waals surface area contributed by atoms with E-state index in [1.54, 1.807) is 24.2 Å². The molecule has 0 spiro atoms. The number of rotatable bonds is 3. The van der Waals surface area contributed by atoms with Gasteiger partial charge < -0.3 is 10.5 Å². The van der Waals surface area contributed by atoms with E-state index in [0.29, 0.717) is 6.61 Å². The SMILES string of the molecule is CCOC(=O)C1C=CN(c2ccccc2)N=C1N.Cl. The van der Waals surface area contributed by atoms with E-state index in [-0.39, 0.29) is 24.2 Å². The maximum atomic E-state index is 11.6. The minimum atomic E-state index is -0.593. The molecular weight excluding hydrogens is 266 g/mol. The van der Waals surface area contributed by atoms with Gasteiger partial charge in [0.05, 0.1) is 12.3 Å². The van der Waals surface area contributed by atoms with Crippen molar-refractivity contribution in [1.29, 1.82) is 0 Å². The summed E-state index contributed by atoms with van der Waals surface area (Å²) >= 11 is 0. The summed E-state index contributed by atoms with van der Waals surface area (Å²) in [6.07, 6.45) is 3.40. The Hall–Kier alpha value is -2.01. The Morgan fingerprint density at radius 2 is 2.11 bits per heavy atom. The largest absolute Gasteiger partial charge is 0.465 e. The predicted molar refractivity (Wildman–Crippen MR) is 77.1 cm³/mol. The van der Waals surface area contributed by atoms with Crippen LogP contribution in [-0.4, -0.2) is 18.4 Å². The zero-order valence-electron chi connectivity index (χ0n) is 10.5. The third kappa shape index (κ3) is 3.48. The van der Waals surface area contributed by atoms with Crippen LogP contribution in [0, 0.1) is 5.92 Å². The monoisotopic (exact) mass is 281 g/mol. The van der Waals surface area contributed by atoms with Crippen molar-refractivity contribution in [1.82, 2.24) is 0 Å². The number of benzene rings is 1. The second-order valence-electron chi connectivity index (χ2n) is 3.78. The van der Waals surface area contributed by atoms with E-state index >= 15 is 0 Å². The Morgan fingerprint density at radius 1 is 1.42 bits per heavy atom. The van der Waals surface area contributed by atoms with Crippen LogP contribution in [0.2, 0.25) is 0 Å². The van der Waals surface area contributed by atoms with Crippen molar-refractivity contribution in [3.63, 3.8) is 0 Å². The van der Waals surface area contributed by atoms with Crippen LogP contribution < -0.4 is 10.7 Å². The van der Waals surface area contributed by atoms with Crippen molar-refractivity contribution in [3.05, 3.63) is 42.6 Å². The second-order valence-corrected chi connectivity index (χ2v) is 3.78. The first kappa shape index (κ1) is 15.0. The molecule has 0 aliphatic carbocycles. The molecule has 2 N–H and O–H groups in total. The van der Waals surface area contributed by atoms with Gasteiger partial charge >= 0.3 is 5.97 Å². The molecule has 0 saturated heterocycles. The average Bonchev–Trinajstić information content (AvgIpc) is 2.40. The smallest absolute Gasteiger partial charge is 0.320 e. The van der Waals surface area contributed by atoms with E-state index in [9.17, 15) is 4.79 Å². The Labute approximate surface area is 118 Å². The van der Waals surface area contributed by atoms with E-state index in [1.807, 2.05) is 30.3 Å². The van der Waals surface area contributed by atoms with Gasteiger partial charge in [0.1, 0.15) is 11.8 Å². The number of nitrogens with two attached hydrogens (primary N) is 1. The van der Waals surface area contributed by atoms with Gasteiger partial charge in [-0.3, -0.25) is 4.79 Å². The van der Waals surface area contributed by atoms with Crippen molar-refractivity contribution in [2.75, 3.05) is 11.6 Å². The molecule has 1 aliphatic heterocycles. The number of hydrazone groups is 1. The number of halogens is 1. The number of amidine groups is 1. The molecule has 1 unspecified atom stereocenters. The Balaban J connectivity index is 0.00000180. The van der Waals surface area contributed by atoms with E-state index < -0.39 is 5.92 Å². The van der Waals surface area contributed by atoms with Gasteiger partial charge in [-0.1, -0.05) is 18.2 Å². The highest BCUT2D eigenvalue weighted by molar-refractivity contribution is 6.03. The number of carbonyl (C=O) groups excluding carboxylic acids is 1. The summed E-state index contributed by atoms with van der Waals surface area (Å²) in [4.78, 5) is 11.6. The van der Waals surface area contributed by atoms with Gasteiger partial charge in [0.15, 0.2) is 0 Å². The van der Waals surface area contributed by atoms with Gasteiger partial charge in [-0.2, -0.15) is 5.10 Å². The van der Waals surface area contributed by atoms with Crippen molar-refractivity contribution in [2.45, 2.75) is 6.92 Å². The van der Waals surface area contributed by atoms with Crippen LogP contribution in [-0.2, 0) is 9.53 Å². The minimum absolute atomic E-state index is 0. The van der Waals surface area contributed by atoms with E-state index in [2.05, 4.69) is 5.10 Å². The van der Waals surface area contributed by atoms with Crippen LogP contribution in [0.5, 0.6) is 0 Å². The lowest BCUT2D eigenvalue weighted by molar-refractivity contribution is -0.144. The van der Waals surface area contributed by atoms with Gasteiger partial charge in [-0.25, -0.2) is 5.01 Å². The summed E-state index contributed by atoms with van der Waals surface area (Å²) in [6.45, 7) is 2.09. The normalized spacial score (nSPS) is 17.4. The van der Waals surface area contributed by atoms with Crippen molar-refractivity contribution in [2.24, 2.45) is 16.8 Å². The number of nitrogens with zero attached hydrogens (tertiary/aromatic N) is 2. The maximum absolute atomic E-state index is 11.6. The van der Waals surface area contributed by atoms with Crippen molar-refractivity contribution in [3.8, 4) is 0 Å². The number of esters is 1. The summed E-state index contributed by atoms with van der Waals surface area (Å²) in [5.74, 6) is -0.729. The maximum Gasteiger partial charge on any atom is 0.320 e. The average molecular weight is 282 g/mol. The zero-order valence-corrected chi connectivity index (χ0v) is 11.3. The minimum Gasteiger partial charge on any atom is -0.465 e. The Bertz CT molecular complexity index is 488. The van der Waals surface area contributed by atoms with E-state index in [4.69, 9.17) is 10.5 Å². The summed E-state index contributed by atoms with van der Waals surface area (Å²) in [7, 11) is 0. The number of hydrogen-bond donors (Lipinski definition) is 1. The van der Waals surface area contributed by atoms with Gasteiger partial charge in [0.25, 0.3) is 0 Å². The van der Waals surface area contributed by atoms with Crippen LogP contribution in [0.15, 0.2) is 47.7 Å². The first-order chi connectivity index (χ1) is 8.72. The Morgan fingerprint density at radius 3 is 2.68 bits per heavy atom. The number of carbonyl (C=O) groups is 1. The fourth-order valence-electron chi connectivity index (χ4n) is 1.64. The zero-order chi connectivity index (χ0) is 13.0. The van der Waals surface area contributed by atoms with Crippen LogP contribution in [0.3, 0.4) is 0 Å². The van der Waals surface area contributed by atoms with Crippen LogP contribution >= 0.6 is 12.4 Å². The lowest BCUT2D eigenvalue weighted by Crippen LogP contribution is -2.35. The molecule has 5 nitrogen and oxygen atoms in total. The molecule has 0 amide bonds. The first-order valence-corrected chi connectivity index (χ1v) is 5.75. The standard InChI is InChI=1S/C13H15N3O2.ClH/c1-2-18-13(17)11-8-9-16(15-12(11)14)10-6-4-3-5-7-10;/h3-9,11H,2H2,1H3,(H2,14,15);1H. The number of anilines is 1. The van der Waals surface area contributed by atoms with Crippen LogP contribution in [0.1, 0.15) is 6.92 Å². The molecule has 0 bridgehead atoms. The van der Waals surface area contributed by atoms with Crippen LogP contribution in [0.25, 0.3) is 0 Å². The molecule has 0 aromatic heterocycles. The fourth-order valence-corrected chi connectivity index (χ4v) is 1.64. The van der Waals surface area contributed by atoms with E-state index in [0.717, 1.165) is 5.69 Å². The molecule has 0 saturated carbocycles. The number of ether oxygens (including phenoxy) is 1. The lowest BCUT2D eigenvalue weighted by atomic mass is 10.1. The molecule has 6 heteroatoms. The second kappa shape index (κ2) is 6.80. The van der Waals surface area contributed by atoms with Crippen molar-refractivity contribution >= 4 is 29.9 Å². The number of para-hydroxylation sites is 1. The highest BCUT2D eigenvalue weighted by Gasteiger charge is 2.25. The highest BCUT2D eigenvalue weighted by atomic mass is 35.5. The first-order valence-electron chi connectivity index (χ1n) is 5.75. The molecule has 1 aliphatic rings. The molecule has 19 heavy (non-hydrogen) atoms. The molecule has 1 heterocycles. The number of hydrogen-bond acceptors (Lipinski definition) is 5. The molecule has 0 fully saturated rings. The highest BCUT2D eigenvalue weighted by Crippen LogP contribution is 2.19. The topological polar surface area (TPSA) is 67.9 Å². The third-order valence-corrected chi connectivity index (χ3v) is 2.52. The quantitative estimate of drug-likeness (QED) is 0.859. The summed E-state index contributed by atoms with van der Waals surface area (Å²) < 4.78 is 4.92. The Kier molecular flexibility index (Phi) is 5.38. The molecular formula is C13H16ClN3O2. The van der Waals surface area contributed by atoms with Crippen molar-refractivity contribution < 1.29 is 9.53 Å². The summed E-state index contributed by atoms with van der Waals surface area (Å²) in [5.41, 5.74) is 6.68. The fraction of sp³-hybridized carbons (Fsp3) is 0.231. The predicted octanol–water partition coefficient (Wildman–Crippen LogP) is 1.89.